The third kappa shape index (κ3) is 12.3. The Morgan fingerprint density at radius 1 is 0.860 bits per heavy atom. The van der Waals surface area contributed by atoms with E-state index in [4.69, 9.17) is 11.6 Å². The van der Waals surface area contributed by atoms with Crippen molar-refractivity contribution >= 4 is 50.6 Å². The summed E-state index contributed by atoms with van der Waals surface area (Å²) in [4.78, 5) is 48.8. The number of fused-ring (bicyclic) bond motifs is 1. The van der Waals surface area contributed by atoms with Gasteiger partial charge >= 0.3 is 28.8 Å². The molecule has 3 aromatic rings. The Morgan fingerprint density at radius 3 is 2.08 bits per heavy atom. The number of carbonyl (C=O) groups excluding carboxylic acids is 3. The molecule has 1 aliphatic rings. The van der Waals surface area contributed by atoms with E-state index in [1.807, 2.05) is 12.1 Å². The first-order valence-corrected chi connectivity index (χ1v) is 16.9. The summed E-state index contributed by atoms with van der Waals surface area (Å²) in [7, 11) is 0. The number of rotatable bonds is 14. The van der Waals surface area contributed by atoms with Gasteiger partial charge in [0.25, 0.3) is 0 Å². The number of benzene rings is 2. The number of aromatic hydroxyl groups is 2. The number of aromatic nitrogens is 1. The van der Waals surface area contributed by atoms with E-state index in [2.05, 4.69) is 20.5 Å². The van der Waals surface area contributed by atoms with Crippen molar-refractivity contribution in [3.63, 3.8) is 0 Å². The minimum atomic E-state index is -5.77. The fraction of sp³-hybridized carbons (Fsp3) is 0.500. The third-order valence-electron chi connectivity index (χ3n) is 7.91. The zero-order chi connectivity index (χ0) is 37.1. The molecular formula is C32H37ClF6N4O6S. The normalized spacial score (nSPS) is 13.9. The average Bonchev–Trinajstić information content (AvgIpc) is 3.46. The second kappa shape index (κ2) is 18.5. The predicted octanol–water partition coefficient (Wildman–Crippen LogP) is 5.42. The van der Waals surface area contributed by atoms with Gasteiger partial charge in [0.05, 0.1) is 9.72 Å². The molecule has 0 atom stereocenters. The zero-order valence-electron chi connectivity index (χ0n) is 26.7. The van der Waals surface area contributed by atoms with Crippen LogP contribution < -0.4 is 15.5 Å². The lowest BCUT2D eigenvalue weighted by Crippen LogP contribution is -2.45. The van der Waals surface area contributed by atoms with Crippen LogP contribution in [-0.2, 0) is 27.2 Å². The van der Waals surface area contributed by atoms with Crippen LogP contribution in [0.4, 0.5) is 26.3 Å². The largest absolute Gasteiger partial charge is 0.506 e. The van der Waals surface area contributed by atoms with Gasteiger partial charge in [-0.2, -0.15) is 26.3 Å². The lowest BCUT2D eigenvalue weighted by atomic mass is 9.94. The molecule has 0 bridgehead atoms. The van der Waals surface area contributed by atoms with Gasteiger partial charge in [-0.3, -0.25) is 19.2 Å². The van der Waals surface area contributed by atoms with Gasteiger partial charge in [-0.25, -0.2) is 0 Å². The fourth-order valence-electron chi connectivity index (χ4n) is 5.38. The SMILES string of the molecule is O=C(C(=O)C(F)(F)F)C(F)(F)F.O=C(CCNCCc1ccc(O)c(Cl)c1)N(CCNCCc1ccc(O)c2[nH]c(=O)sc12)C1CCCCC1. The molecule has 0 radical (unpaired) electrons. The van der Waals surface area contributed by atoms with Gasteiger partial charge in [0.2, 0.25) is 5.91 Å². The number of hydrogen-bond donors (Lipinski definition) is 5. The Morgan fingerprint density at radius 2 is 1.46 bits per heavy atom. The summed E-state index contributed by atoms with van der Waals surface area (Å²) < 4.78 is 67.8. The first-order chi connectivity index (χ1) is 23.5. The Hall–Kier alpha value is -3.67. The second-order valence-corrected chi connectivity index (χ2v) is 12.9. The van der Waals surface area contributed by atoms with Crippen molar-refractivity contribution in [2.75, 3.05) is 32.7 Å². The molecule has 50 heavy (non-hydrogen) atoms. The van der Waals surface area contributed by atoms with E-state index in [0.29, 0.717) is 42.6 Å². The number of ketones is 2. The van der Waals surface area contributed by atoms with Gasteiger partial charge in [-0.05, 0) is 68.1 Å². The number of halogens is 7. The van der Waals surface area contributed by atoms with Gasteiger partial charge in [-0.15, -0.1) is 0 Å². The van der Waals surface area contributed by atoms with Crippen LogP contribution in [0.15, 0.2) is 35.1 Å². The molecule has 18 heteroatoms. The molecule has 0 unspecified atom stereocenters. The summed E-state index contributed by atoms with van der Waals surface area (Å²) >= 11 is 7.10. The topological polar surface area (TPSA) is 152 Å². The van der Waals surface area contributed by atoms with Crippen LogP contribution in [0.2, 0.25) is 5.02 Å². The number of aromatic amines is 1. The number of alkyl halides is 6. The number of carbonyl (C=O) groups is 3. The molecule has 1 heterocycles. The maximum Gasteiger partial charge on any atom is 0.458 e. The van der Waals surface area contributed by atoms with Crippen LogP contribution in [-0.4, -0.2) is 88.7 Å². The van der Waals surface area contributed by atoms with Crippen molar-refractivity contribution in [3.8, 4) is 11.5 Å². The van der Waals surface area contributed by atoms with Gasteiger partial charge in [-0.1, -0.05) is 54.3 Å². The van der Waals surface area contributed by atoms with E-state index in [9.17, 15) is 55.7 Å². The molecule has 2 aromatic carbocycles. The van der Waals surface area contributed by atoms with Crippen LogP contribution in [0, 0.1) is 0 Å². The van der Waals surface area contributed by atoms with Crippen LogP contribution in [0.5, 0.6) is 11.5 Å². The Labute approximate surface area is 291 Å². The number of amides is 1. The first-order valence-electron chi connectivity index (χ1n) is 15.7. The first kappa shape index (κ1) is 40.8. The van der Waals surface area contributed by atoms with Crippen LogP contribution in [0.1, 0.15) is 49.7 Å². The van der Waals surface area contributed by atoms with E-state index >= 15 is 0 Å². The van der Waals surface area contributed by atoms with Gasteiger partial charge in [0.1, 0.15) is 17.0 Å². The van der Waals surface area contributed by atoms with E-state index in [1.165, 1.54) is 19.3 Å². The molecule has 4 rings (SSSR count). The number of nitrogens with one attached hydrogen (secondary N) is 3. The van der Waals surface area contributed by atoms with Gasteiger partial charge < -0.3 is 30.7 Å². The van der Waals surface area contributed by atoms with E-state index in [-0.39, 0.29) is 22.3 Å². The number of thiazole rings is 1. The second-order valence-electron chi connectivity index (χ2n) is 11.5. The average molecular weight is 755 g/mol. The maximum absolute atomic E-state index is 13.2. The summed E-state index contributed by atoms with van der Waals surface area (Å²) in [6, 6.07) is 9.03. The van der Waals surface area contributed by atoms with Gasteiger partial charge in [0, 0.05) is 32.1 Å². The molecule has 1 saturated carbocycles. The summed E-state index contributed by atoms with van der Waals surface area (Å²) in [5, 5.41) is 26.7. The zero-order valence-corrected chi connectivity index (χ0v) is 28.3. The molecule has 1 aliphatic carbocycles. The molecule has 1 fully saturated rings. The molecule has 5 N–H and O–H groups in total. The maximum atomic E-state index is 13.2. The summed E-state index contributed by atoms with van der Waals surface area (Å²) in [5.41, 5.74) is 2.57. The fourth-order valence-corrected chi connectivity index (χ4v) is 6.48. The van der Waals surface area contributed by atoms with Crippen molar-refractivity contribution in [2.24, 2.45) is 0 Å². The highest BCUT2D eigenvalue weighted by molar-refractivity contribution is 7.16. The van der Waals surface area contributed by atoms with Crippen LogP contribution >= 0.6 is 22.9 Å². The smallest absolute Gasteiger partial charge is 0.458 e. The van der Waals surface area contributed by atoms with Crippen molar-refractivity contribution in [2.45, 2.75) is 69.8 Å². The minimum Gasteiger partial charge on any atom is -0.506 e. The standard InChI is InChI=1S/C28H37ClN4O4S.C4F6O2/c29-22-18-19(6-8-23(22)34)10-13-30-15-12-25(36)33(21-4-2-1-3-5-21)17-16-31-14-11-20-7-9-24(35)26-27(20)38-28(37)32-26;5-3(6,7)1(11)2(12)4(8,9)10/h6-9,18,21,30-31,34-35H,1-5,10-17H2,(H,32,37);. The Balaban J connectivity index is 0.000000482. The summed E-state index contributed by atoms with van der Waals surface area (Å²) in [6.07, 6.45) is -3.85. The van der Waals surface area contributed by atoms with Crippen molar-refractivity contribution in [1.82, 2.24) is 20.5 Å². The number of phenols is 2. The number of hydrogen-bond acceptors (Lipinski definition) is 9. The molecule has 276 valence electrons. The monoisotopic (exact) mass is 754 g/mol. The summed E-state index contributed by atoms with van der Waals surface area (Å²) in [5.74, 6) is -6.44. The minimum absolute atomic E-state index is 0.0860. The highest BCUT2D eigenvalue weighted by Gasteiger charge is 2.54. The molecule has 1 aromatic heterocycles. The highest BCUT2D eigenvalue weighted by Crippen LogP contribution is 2.28. The van der Waals surface area contributed by atoms with E-state index in [0.717, 1.165) is 65.9 Å². The lowest BCUT2D eigenvalue weighted by Gasteiger charge is -2.34. The molecular weight excluding hydrogens is 718 g/mol. The van der Waals surface area contributed by atoms with E-state index in [1.54, 1.807) is 18.2 Å². The number of nitrogens with zero attached hydrogens (tertiary/aromatic N) is 1. The predicted molar refractivity (Wildman–Crippen MR) is 176 cm³/mol. The van der Waals surface area contributed by atoms with Gasteiger partial charge in [0.15, 0.2) is 0 Å². The quantitative estimate of drug-likeness (QED) is 0.0832. The Kier molecular flexibility index (Phi) is 15.1. The van der Waals surface area contributed by atoms with E-state index < -0.39 is 23.9 Å². The van der Waals surface area contributed by atoms with Crippen molar-refractivity contribution in [3.05, 3.63) is 56.1 Å². The third-order valence-corrected chi connectivity index (χ3v) is 9.18. The molecule has 0 spiro atoms. The number of phenolic OH excluding ortho intramolecular Hbond substituents is 2. The molecule has 1 amide bonds. The summed E-state index contributed by atoms with van der Waals surface area (Å²) in [6.45, 7) is 3.47. The number of H-pyrrole nitrogens is 1. The van der Waals surface area contributed by atoms with Crippen LogP contribution in [0.3, 0.4) is 0 Å². The molecule has 10 nitrogen and oxygen atoms in total. The Bertz CT molecular complexity index is 1650. The van der Waals surface area contributed by atoms with Crippen molar-refractivity contribution < 1.29 is 50.9 Å². The lowest BCUT2D eigenvalue weighted by molar-refractivity contribution is -0.193. The highest BCUT2D eigenvalue weighted by atomic mass is 35.5. The van der Waals surface area contributed by atoms with Crippen molar-refractivity contribution in [1.29, 1.82) is 0 Å². The molecule has 0 aliphatic heterocycles. The molecule has 0 saturated heterocycles. The van der Waals surface area contributed by atoms with Crippen LogP contribution in [0.25, 0.3) is 10.2 Å². The number of Topliss-reactive ketones (excluding diaryl/α,β-unsaturated/α-hetero) is 2.